The van der Waals surface area contributed by atoms with Crippen LogP contribution >= 0.6 is 0 Å². The van der Waals surface area contributed by atoms with Crippen LogP contribution in [0, 0.1) is 6.92 Å². The van der Waals surface area contributed by atoms with Gasteiger partial charge in [-0.2, -0.15) is 0 Å². The number of aromatic nitrogens is 3. The molecule has 0 saturated heterocycles. The predicted molar refractivity (Wildman–Crippen MR) is 87.1 cm³/mol. The van der Waals surface area contributed by atoms with Crippen molar-refractivity contribution in [3.8, 4) is 0 Å². The van der Waals surface area contributed by atoms with Gasteiger partial charge < -0.3 is 5.32 Å². The smallest absolute Gasteiger partial charge is 0.283 e. The summed E-state index contributed by atoms with van der Waals surface area (Å²) >= 11 is 0. The quantitative estimate of drug-likeness (QED) is 0.796. The minimum atomic E-state index is -0.486. The average molecular weight is 308 g/mol. The molecule has 1 aromatic carbocycles. The minimum Gasteiger partial charge on any atom is -0.346 e. The summed E-state index contributed by atoms with van der Waals surface area (Å²) in [5, 5.41) is 2.75. The highest BCUT2D eigenvalue weighted by Crippen LogP contribution is 2.08. The first-order chi connectivity index (χ1) is 11.1. The minimum absolute atomic E-state index is 0.124. The Hall–Kier alpha value is -3.02. The van der Waals surface area contributed by atoms with Crippen LogP contribution in [0.5, 0.6) is 0 Å². The summed E-state index contributed by atoms with van der Waals surface area (Å²) in [6.07, 6.45) is 1.58. The number of hydrogen-bond donors (Lipinski definition) is 1. The van der Waals surface area contributed by atoms with E-state index in [1.807, 2.05) is 31.2 Å². The Morgan fingerprint density at radius 3 is 2.78 bits per heavy atom. The second-order valence-electron chi connectivity index (χ2n) is 5.28. The predicted octanol–water partition coefficient (Wildman–Crippen LogP) is 1.57. The lowest BCUT2D eigenvalue weighted by atomic mass is 10.1. The standard InChI is InChI=1S/C17H16N4O2/c1-11-6-3-4-7-12(11)10-19-16(22)14-17(23)21(2)15-13(20-14)8-5-9-18-15/h3-9H,10H2,1-2H3,(H,19,22). The second kappa shape index (κ2) is 6.00. The molecule has 2 heterocycles. The summed E-state index contributed by atoms with van der Waals surface area (Å²) in [5.41, 5.74) is 2.46. The van der Waals surface area contributed by atoms with E-state index in [1.165, 1.54) is 4.57 Å². The maximum absolute atomic E-state index is 12.3. The van der Waals surface area contributed by atoms with Gasteiger partial charge in [0.05, 0.1) is 0 Å². The van der Waals surface area contributed by atoms with E-state index in [-0.39, 0.29) is 5.69 Å². The van der Waals surface area contributed by atoms with Crippen molar-refractivity contribution in [2.75, 3.05) is 0 Å². The number of amides is 1. The Balaban J connectivity index is 1.91. The Labute approximate surface area is 132 Å². The largest absolute Gasteiger partial charge is 0.346 e. The molecular weight excluding hydrogens is 292 g/mol. The van der Waals surface area contributed by atoms with Crippen molar-refractivity contribution in [3.05, 3.63) is 69.8 Å². The van der Waals surface area contributed by atoms with E-state index in [2.05, 4.69) is 15.3 Å². The van der Waals surface area contributed by atoms with Gasteiger partial charge in [0.2, 0.25) is 0 Å². The fourth-order valence-corrected chi connectivity index (χ4v) is 2.37. The summed E-state index contributed by atoms with van der Waals surface area (Å²) in [6.45, 7) is 2.32. The molecule has 0 aliphatic carbocycles. The number of hydrogen-bond acceptors (Lipinski definition) is 4. The molecule has 3 rings (SSSR count). The van der Waals surface area contributed by atoms with Crippen LogP contribution in [0.15, 0.2) is 47.4 Å². The molecule has 0 bridgehead atoms. The summed E-state index contributed by atoms with van der Waals surface area (Å²) in [5.74, 6) is -0.486. The van der Waals surface area contributed by atoms with E-state index in [1.54, 1.807) is 25.4 Å². The average Bonchev–Trinajstić information content (AvgIpc) is 2.57. The maximum Gasteiger partial charge on any atom is 0.283 e. The summed E-state index contributed by atoms with van der Waals surface area (Å²) in [7, 11) is 1.58. The molecule has 1 N–H and O–H groups in total. The number of rotatable bonds is 3. The molecule has 3 aromatic rings. The first-order valence-electron chi connectivity index (χ1n) is 7.22. The molecule has 0 radical (unpaired) electrons. The molecule has 6 heteroatoms. The maximum atomic E-state index is 12.3. The molecule has 23 heavy (non-hydrogen) atoms. The number of benzene rings is 1. The molecule has 0 spiro atoms. The lowest BCUT2D eigenvalue weighted by molar-refractivity contribution is 0.0944. The molecule has 0 fully saturated rings. The third-order valence-corrected chi connectivity index (χ3v) is 3.74. The third-order valence-electron chi connectivity index (χ3n) is 3.74. The van der Waals surface area contributed by atoms with E-state index >= 15 is 0 Å². The van der Waals surface area contributed by atoms with Crippen LogP contribution in [-0.2, 0) is 13.6 Å². The first-order valence-corrected chi connectivity index (χ1v) is 7.22. The van der Waals surface area contributed by atoms with Crippen LogP contribution in [0.4, 0.5) is 0 Å². The molecule has 6 nitrogen and oxygen atoms in total. The molecule has 0 saturated carbocycles. The fourth-order valence-electron chi connectivity index (χ4n) is 2.37. The summed E-state index contributed by atoms with van der Waals surface area (Å²) in [4.78, 5) is 32.9. The summed E-state index contributed by atoms with van der Waals surface area (Å²) in [6, 6.07) is 11.2. The van der Waals surface area contributed by atoms with Crippen LogP contribution in [-0.4, -0.2) is 20.4 Å². The molecular formula is C17H16N4O2. The normalized spacial score (nSPS) is 10.7. The number of aryl methyl sites for hydroxylation is 2. The molecule has 0 aliphatic rings. The Morgan fingerprint density at radius 2 is 2.00 bits per heavy atom. The van der Waals surface area contributed by atoms with Crippen molar-refractivity contribution in [1.82, 2.24) is 19.9 Å². The molecule has 0 aliphatic heterocycles. The van der Waals surface area contributed by atoms with Crippen molar-refractivity contribution in [1.29, 1.82) is 0 Å². The fraction of sp³-hybridized carbons (Fsp3) is 0.176. The number of nitrogens with zero attached hydrogens (tertiary/aromatic N) is 3. The first kappa shape index (κ1) is 14.9. The molecule has 1 amide bonds. The van der Waals surface area contributed by atoms with Gasteiger partial charge in [0.25, 0.3) is 11.5 Å². The van der Waals surface area contributed by atoms with Crippen molar-refractivity contribution in [2.24, 2.45) is 7.05 Å². The number of carbonyl (C=O) groups excluding carboxylic acids is 1. The second-order valence-corrected chi connectivity index (χ2v) is 5.28. The van der Waals surface area contributed by atoms with E-state index < -0.39 is 11.5 Å². The monoisotopic (exact) mass is 308 g/mol. The van der Waals surface area contributed by atoms with Gasteiger partial charge in [-0.3, -0.25) is 14.2 Å². The van der Waals surface area contributed by atoms with Gasteiger partial charge in [0.1, 0.15) is 5.52 Å². The van der Waals surface area contributed by atoms with Gasteiger partial charge in [0, 0.05) is 19.8 Å². The van der Waals surface area contributed by atoms with Crippen LogP contribution in [0.2, 0.25) is 0 Å². The SMILES string of the molecule is Cc1ccccc1CNC(=O)c1nc2cccnc2n(C)c1=O. The Morgan fingerprint density at radius 1 is 1.22 bits per heavy atom. The Bertz CT molecular complexity index is 947. The van der Waals surface area contributed by atoms with Gasteiger partial charge in [-0.05, 0) is 30.2 Å². The van der Waals surface area contributed by atoms with Crippen molar-refractivity contribution in [3.63, 3.8) is 0 Å². The van der Waals surface area contributed by atoms with Crippen LogP contribution in [0.1, 0.15) is 21.6 Å². The zero-order chi connectivity index (χ0) is 16.4. The third kappa shape index (κ3) is 2.83. The van der Waals surface area contributed by atoms with E-state index in [0.29, 0.717) is 17.7 Å². The highest BCUT2D eigenvalue weighted by atomic mass is 16.2. The zero-order valence-electron chi connectivity index (χ0n) is 12.9. The molecule has 2 aromatic heterocycles. The Kier molecular flexibility index (Phi) is 3.89. The van der Waals surface area contributed by atoms with Gasteiger partial charge in [-0.1, -0.05) is 24.3 Å². The topological polar surface area (TPSA) is 76.9 Å². The van der Waals surface area contributed by atoms with Crippen LogP contribution in [0.3, 0.4) is 0 Å². The van der Waals surface area contributed by atoms with Crippen LogP contribution in [0.25, 0.3) is 11.2 Å². The number of nitrogens with one attached hydrogen (secondary N) is 1. The van der Waals surface area contributed by atoms with Gasteiger partial charge in [0.15, 0.2) is 11.3 Å². The van der Waals surface area contributed by atoms with Crippen LogP contribution < -0.4 is 10.9 Å². The van der Waals surface area contributed by atoms with Crippen molar-refractivity contribution < 1.29 is 4.79 Å². The van der Waals surface area contributed by atoms with E-state index in [9.17, 15) is 9.59 Å². The lowest BCUT2D eigenvalue weighted by Gasteiger charge is -2.09. The lowest BCUT2D eigenvalue weighted by Crippen LogP contribution is -2.34. The van der Waals surface area contributed by atoms with E-state index in [4.69, 9.17) is 0 Å². The number of fused-ring (bicyclic) bond motifs is 1. The van der Waals surface area contributed by atoms with Gasteiger partial charge in [-0.15, -0.1) is 0 Å². The molecule has 0 atom stereocenters. The van der Waals surface area contributed by atoms with Crippen molar-refractivity contribution in [2.45, 2.75) is 13.5 Å². The number of carbonyl (C=O) groups is 1. The molecule has 116 valence electrons. The van der Waals surface area contributed by atoms with E-state index in [0.717, 1.165) is 11.1 Å². The highest BCUT2D eigenvalue weighted by Gasteiger charge is 2.16. The zero-order valence-corrected chi connectivity index (χ0v) is 12.9. The van der Waals surface area contributed by atoms with Gasteiger partial charge in [-0.25, -0.2) is 9.97 Å². The highest BCUT2D eigenvalue weighted by molar-refractivity contribution is 5.93. The van der Waals surface area contributed by atoms with Crippen molar-refractivity contribution >= 4 is 17.1 Å². The molecule has 0 unspecified atom stereocenters. The summed E-state index contributed by atoms with van der Waals surface area (Å²) < 4.78 is 1.34. The number of pyridine rings is 1. The van der Waals surface area contributed by atoms with Gasteiger partial charge >= 0.3 is 0 Å².